The highest BCUT2D eigenvalue weighted by atomic mass is 35.5. The third kappa shape index (κ3) is 4.17. The maximum atomic E-state index is 12.8. The first-order valence-electron chi connectivity index (χ1n) is 9.22. The van der Waals surface area contributed by atoms with Gasteiger partial charge in [-0.1, -0.05) is 30.3 Å². The maximum Gasteiger partial charge on any atom is 0.259 e. The molecule has 3 aromatic rings. The number of carbonyl (C=O) groups excluding carboxylic acids is 2. The van der Waals surface area contributed by atoms with Crippen LogP contribution in [0.15, 0.2) is 59.5 Å². The molecule has 0 aliphatic carbocycles. The number of nitrogens with one attached hydrogen (secondary N) is 1. The summed E-state index contributed by atoms with van der Waals surface area (Å²) in [5.41, 5.74) is 7.37. The van der Waals surface area contributed by atoms with Crippen molar-refractivity contribution >= 4 is 39.9 Å². The number of pyridine rings is 1. The maximum absolute atomic E-state index is 12.8. The Morgan fingerprint density at radius 2 is 1.76 bits per heavy atom. The molecule has 3 rings (SSSR count). The van der Waals surface area contributed by atoms with Crippen LogP contribution in [-0.4, -0.2) is 16.4 Å². The van der Waals surface area contributed by atoms with E-state index in [2.05, 4.69) is 5.32 Å². The number of fused-ring (bicyclic) bond motifs is 1. The molecule has 0 aliphatic rings. The third-order valence-electron chi connectivity index (χ3n) is 5.09. The molecule has 0 saturated carbocycles. The molecule has 6 nitrogen and oxygen atoms in total. The van der Waals surface area contributed by atoms with E-state index in [9.17, 15) is 14.4 Å². The number of nitrogens with two attached hydrogens (primary N) is 1. The first-order chi connectivity index (χ1) is 13.8. The Morgan fingerprint density at radius 3 is 2.38 bits per heavy atom. The number of rotatable bonds is 6. The van der Waals surface area contributed by atoms with Gasteiger partial charge in [0.2, 0.25) is 11.8 Å². The molecular formula is C22H22ClN3O3. The van der Waals surface area contributed by atoms with Crippen molar-refractivity contribution < 1.29 is 9.59 Å². The molecule has 0 aliphatic heterocycles. The Labute approximate surface area is 173 Å². The van der Waals surface area contributed by atoms with Gasteiger partial charge >= 0.3 is 0 Å². The fourth-order valence-corrected chi connectivity index (χ4v) is 3.31. The molecule has 29 heavy (non-hydrogen) atoms. The normalized spacial score (nSPS) is 13.1. The molecule has 3 N–H and O–H groups in total. The molecule has 2 atom stereocenters. The predicted molar refractivity (Wildman–Crippen MR) is 115 cm³/mol. The molecule has 0 saturated heterocycles. The number of hydrogen-bond acceptors (Lipinski definition) is 3. The highest BCUT2D eigenvalue weighted by Gasteiger charge is 2.18. The molecule has 1 aromatic heterocycles. The summed E-state index contributed by atoms with van der Waals surface area (Å²) in [6.45, 7) is 3.38. The van der Waals surface area contributed by atoms with E-state index in [-0.39, 0.29) is 17.4 Å². The summed E-state index contributed by atoms with van der Waals surface area (Å²) in [5.74, 6) is -0.747. The average Bonchev–Trinajstić information content (AvgIpc) is 2.73. The minimum atomic E-state index is -0.763. The Kier molecular flexibility index (Phi) is 6.03. The van der Waals surface area contributed by atoms with Crippen LogP contribution >= 0.6 is 11.6 Å². The lowest BCUT2D eigenvalue weighted by Crippen LogP contribution is -2.31. The van der Waals surface area contributed by atoms with Crippen molar-refractivity contribution in [3.8, 4) is 0 Å². The number of aromatic nitrogens is 1. The highest BCUT2D eigenvalue weighted by Crippen LogP contribution is 2.24. The summed E-state index contributed by atoms with van der Waals surface area (Å²) in [7, 11) is 0. The van der Waals surface area contributed by atoms with Crippen molar-refractivity contribution in [2.75, 3.05) is 5.32 Å². The second-order valence-electron chi connectivity index (χ2n) is 6.96. The van der Waals surface area contributed by atoms with Gasteiger partial charge in [-0.3, -0.25) is 14.4 Å². The number of amides is 2. The molecule has 0 radical (unpaired) electrons. The van der Waals surface area contributed by atoms with Crippen LogP contribution in [0.25, 0.3) is 10.8 Å². The van der Waals surface area contributed by atoms with Gasteiger partial charge in [-0.15, -0.1) is 11.6 Å². The molecule has 0 fully saturated rings. The largest absolute Gasteiger partial charge is 0.368 e. The highest BCUT2D eigenvalue weighted by molar-refractivity contribution is 6.17. The lowest BCUT2D eigenvalue weighted by atomic mass is 9.99. The number of nitrogens with zero attached hydrogens (tertiary/aromatic N) is 1. The Balaban J connectivity index is 1.91. The molecule has 2 amide bonds. The second kappa shape index (κ2) is 8.49. The summed E-state index contributed by atoms with van der Waals surface area (Å²) in [6.07, 6.45) is 1.52. The van der Waals surface area contributed by atoms with Gasteiger partial charge in [-0.05, 0) is 43.2 Å². The second-order valence-corrected chi connectivity index (χ2v) is 7.23. The Hall–Kier alpha value is -3.12. The number of benzene rings is 2. The van der Waals surface area contributed by atoms with Crippen LogP contribution in [0.3, 0.4) is 0 Å². The van der Waals surface area contributed by atoms with Gasteiger partial charge in [0.15, 0.2) is 0 Å². The molecule has 2 aromatic carbocycles. The lowest BCUT2D eigenvalue weighted by molar-refractivity contribution is -0.120. The first kappa shape index (κ1) is 20.6. The fourth-order valence-electron chi connectivity index (χ4n) is 3.13. The minimum Gasteiger partial charge on any atom is -0.368 e. The van der Waals surface area contributed by atoms with E-state index in [0.29, 0.717) is 22.3 Å². The van der Waals surface area contributed by atoms with Crippen molar-refractivity contribution in [2.24, 2.45) is 5.73 Å². The zero-order valence-corrected chi connectivity index (χ0v) is 16.9. The Bertz CT molecular complexity index is 1120. The minimum absolute atomic E-state index is 0.189. The van der Waals surface area contributed by atoms with Gasteiger partial charge in [0, 0.05) is 28.5 Å². The molecular weight excluding hydrogens is 390 g/mol. The number of carbonyl (C=O) groups is 2. The first-order valence-corrected chi connectivity index (χ1v) is 9.75. The Morgan fingerprint density at radius 1 is 1.07 bits per heavy atom. The van der Waals surface area contributed by atoms with Crippen LogP contribution in [-0.2, 0) is 15.5 Å². The SMILES string of the molecule is C[C@@H](C(=O)Nc1cccc2c(=O)n([C@@H](C)C(N)=O)ccc12)c1ccc(CCl)cc1. The van der Waals surface area contributed by atoms with Crippen LogP contribution in [0.4, 0.5) is 5.69 Å². The average molecular weight is 412 g/mol. The van der Waals surface area contributed by atoms with Gasteiger partial charge in [0.1, 0.15) is 6.04 Å². The molecule has 7 heteroatoms. The predicted octanol–water partition coefficient (Wildman–Crippen LogP) is 3.53. The molecule has 0 unspecified atom stereocenters. The van der Waals surface area contributed by atoms with E-state index in [4.69, 9.17) is 17.3 Å². The zero-order valence-electron chi connectivity index (χ0n) is 16.2. The standard InChI is InChI=1S/C22H22ClN3O3/c1-13(16-8-6-15(12-23)7-9-16)21(28)25-19-5-3-4-18-17(19)10-11-26(22(18)29)14(2)20(24)27/h3-11,13-14H,12H2,1-2H3,(H2,24,27)(H,25,28)/t13-,14+/m1/s1. The van der Waals surface area contributed by atoms with Crippen molar-refractivity contribution in [1.29, 1.82) is 0 Å². The third-order valence-corrected chi connectivity index (χ3v) is 5.40. The van der Waals surface area contributed by atoms with Gasteiger partial charge in [0.05, 0.1) is 5.92 Å². The number of halogens is 1. The molecule has 0 spiro atoms. The van der Waals surface area contributed by atoms with Crippen molar-refractivity contribution in [1.82, 2.24) is 4.57 Å². The van der Waals surface area contributed by atoms with Crippen molar-refractivity contribution in [3.05, 3.63) is 76.2 Å². The van der Waals surface area contributed by atoms with E-state index in [1.807, 2.05) is 31.2 Å². The van der Waals surface area contributed by atoms with Crippen LogP contribution < -0.4 is 16.6 Å². The fraction of sp³-hybridized carbons (Fsp3) is 0.227. The monoisotopic (exact) mass is 411 g/mol. The van der Waals surface area contributed by atoms with Gasteiger partial charge in [0.25, 0.3) is 5.56 Å². The molecule has 0 bridgehead atoms. The summed E-state index contributed by atoms with van der Waals surface area (Å²) in [5, 5.41) is 3.91. The van der Waals surface area contributed by atoms with Crippen molar-refractivity contribution in [2.45, 2.75) is 31.7 Å². The molecule has 1 heterocycles. The zero-order chi connectivity index (χ0) is 21.1. The number of alkyl halides is 1. The van der Waals surface area contributed by atoms with E-state index in [1.165, 1.54) is 10.8 Å². The van der Waals surface area contributed by atoms with E-state index in [0.717, 1.165) is 11.1 Å². The summed E-state index contributed by atoms with van der Waals surface area (Å²) in [4.78, 5) is 37.0. The van der Waals surface area contributed by atoms with Crippen LogP contribution in [0, 0.1) is 0 Å². The van der Waals surface area contributed by atoms with Crippen LogP contribution in [0.2, 0.25) is 0 Å². The van der Waals surface area contributed by atoms with E-state index >= 15 is 0 Å². The summed E-state index contributed by atoms with van der Waals surface area (Å²) < 4.78 is 1.29. The molecule has 150 valence electrons. The smallest absolute Gasteiger partial charge is 0.259 e. The van der Waals surface area contributed by atoms with Gasteiger partial charge in [-0.2, -0.15) is 0 Å². The summed E-state index contributed by atoms with van der Waals surface area (Å²) in [6, 6.07) is 13.6. The van der Waals surface area contributed by atoms with Crippen molar-refractivity contribution in [3.63, 3.8) is 0 Å². The summed E-state index contributed by atoms with van der Waals surface area (Å²) >= 11 is 5.81. The van der Waals surface area contributed by atoms with Gasteiger partial charge < -0.3 is 15.6 Å². The number of anilines is 1. The quantitative estimate of drug-likeness (QED) is 0.607. The van der Waals surface area contributed by atoms with Crippen LogP contribution in [0.1, 0.15) is 36.9 Å². The number of primary amides is 1. The lowest BCUT2D eigenvalue weighted by Gasteiger charge is -2.16. The van der Waals surface area contributed by atoms with E-state index < -0.39 is 11.9 Å². The number of hydrogen-bond donors (Lipinski definition) is 2. The van der Waals surface area contributed by atoms with Gasteiger partial charge in [-0.25, -0.2) is 0 Å². The van der Waals surface area contributed by atoms with Crippen LogP contribution in [0.5, 0.6) is 0 Å². The topological polar surface area (TPSA) is 94.2 Å². The van der Waals surface area contributed by atoms with E-state index in [1.54, 1.807) is 31.2 Å².